The van der Waals surface area contributed by atoms with Crippen molar-refractivity contribution in [1.82, 2.24) is 4.90 Å². The van der Waals surface area contributed by atoms with Crippen LogP contribution in [-0.2, 0) is 14.3 Å². The molecule has 0 unspecified atom stereocenters. The van der Waals surface area contributed by atoms with E-state index in [4.69, 9.17) is 15.2 Å². The van der Waals surface area contributed by atoms with Crippen LogP contribution in [-0.4, -0.2) is 54.8 Å². The summed E-state index contributed by atoms with van der Waals surface area (Å²) in [5.41, 5.74) is 3.97. The first-order chi connectivity index (χ1) is 12.6. The molecule has 150 valence electrons. The predicted molar refractivity (Wildman–Crippen MR) is 86.3 cm³/mol. The number of primary amides is 1. The van der Waals surface area contributed by atoms with Crippen molar-refractivity contribution in [1.29, 1.82) is 0 Å². The van der Waals surface area contributed by atoms with Gasteiger partial charge in [-0.15, -0.1) is 0 Å². The topological polar surface area (TPSA) is 81.9 Å². The maximum absolute atomic E-state index is 13.0. The first kappa shape index (κ1) is 20.9. The van der Waals surface area contributed by atoms with Gasteiger partial charge in [-0.25, -0.2) is 4.39 Å². The summed E-state index contributed by atoms with van der Waals surface area (Å²) in [7, 11) is 0. The van der Waals surface area contributed by atoms with E-state index >= 15 is 0 Å². The normalized spacial score (nSPS) is 20.4. The molecule has 1 aromatic rings. The highest BCUT2D eigenvalue weighted by Crippen LogP contribution is 2.26. The molecule has 0 aliphatic carbocycles. The highest BCUT2D eigenvalue weighted by atomic mass is 19.4. The first-order valence-electron chi connectivity index (χ1n) is 8.24. The summed E-state index contributed by atoms with van der Waals surface area (Å²) in [4.78, 5) is 24.8. The van der Waals surface area contributed by atoms with Gasteiger partial charge in [0.25, 0.3) is 0 Å². The maximum Gasteiger partial charge on any atom is 0.389 e. The molecule has 1 aliphatic rings. The van der Waals surface area contributed by atoms with Crippen molar-refractivity contribution in [3.8, 4) is 5.75 Å². The van der Waals surface area contributed by atoms with Crippen molar-refractivity contribution < 1.29 is 36.6 Å². The molecule has 2 N–H and O–H groups in total. The monoisotopic (exact) mass is 392 g/mol. The summed E-state index contributed by atoms with van der Waals surface area (Å²) in [5, 5.41) is 0. The first-order valence-corrected chi connectivity index (χ1v) is 8.24. The van der Waals surface area contributed by atoms with Crippen LogP contribution in [0.1, 0.15) is 19.3 Å². The van der Waals surface area contributed by atoms with Gasteiger partial charge < -0.3 is 20.1 Å². The van der Waals surface area contributed by atoms with Crippen LogP contribution in [0.4, 0.5) is 17.6 Å². The molecular formula is C17H20F4N2O4. The molecule has 1 heterocycles. The molecule has 1 atom stereocenters. The molecule has 0 saturated carbocycles. The fraction of sp³-hybridized carbons (Fsp3) is 0.529. The van der Waals surface area contributed by atoms with Crippen LogP contribution in [0.25, 0.3) is 0 Å². The number of halogens is 4. The van der Waals surface area contributed by atoms with Crippen LogP contribution in [0.5, 0.6) is 5.75 Å². The Morgan fingerprint density at radius 1 is 1.26 bits per heavy atom. The van der Waals surface area contributed by atoms with E-state index in [1.165, 1.54) is 29.2 Å². The Bertz CT molecular complexity index is 666. The SMILES string of the molecule is NC(=O)C[C@]1(COc2ccc(F)cc2)CN(C(=O)CCC(F)(F)F)CCO1. The average molecular weight is 392 g/mol. The molecule has 1 saturated heterocycles. The number of morpholine rings is 1. The number of carbonyl (C=O) groups is 2. The second-order valence-electron chi connectivity index (χ2n) is 6.35. The number of ether oxygens (including phenoxy) is 2. The van der Waals surface area contributed by atoms with Gasteiger partial charge in [-0.1, -0.05) is 0 Å². The van der Waals surface area contributed by atoms with E-state index in [1.54, 1.807) is 0 Å². The molecule has 0 spiro atoms. The lowest BCUT2D eigenvalue weighted by Gasteiger charge is -2.42. The quantitative estimate of drug-likeness (QED) is 0.720. The molecule has 0 radical (unpaired) electrons. The van der Waals surface area contributed by atoms with Crippen molar-refractivity contribution in [3.63, 3.8) is 0 Å². The summed E-state index contributed by atoms with van der Waals surface area (Å²) in [5.74, 6) is -1.54. The average Bonchev–Trinajstić information content (AvgIpc) is 2.58. The van der Waals surface area contributed by atoms with Gasteiger partial charge in [-0.3, -0.25) is 9.59 Å². The smallest absolute Gasteiger partial charge is 0.389 e. The molecule has 0 aromatic heterocycles. The second kappa shape index (κ2) is 8.55. The summed E-state index contributed by atoms with van der Waals surface area (Å²) >= 11 is 0. The third kappa shape index (κ3) is 6.70. The van der Waals surface area contributed by atoms with E-state index in [9.17, 15) is 27.2 Å². The number of hydrogen-bond donors (Lipinski definition) is 1. The zero-order chi connectivity index (χ0) is 20.1. The molecule has 2 amide bonds. The van der Waals surface area contributed by atoms with Crippen molar-refractivity contribution in [3.05, 3.63) is 30.1 Å². The number of rotatable bonds is 7. The Balaban J connectivity index is 2.05. The minimum Gasteiger partial charge on any atom is -0.490 e. The van der Waals surface area contributed by atoms with Crippen LogP contribution < -0.4 is 10.5 Å². The lowest BCUT2D eigenvalue weighted by atomic mass is 9.97. The third-order valence-electron chi connectivity index (χ3n) is 4.04. The van der Waals surface area contributed by atoms with Gasteiger partial charge >= 0.3 is 6.18 Å². The Kier molecular flexibility index (Phi) is 6.63. The summed E-state index contributed by atoms with van der Waals surface area (Å²) in [6.07, 6.45) is -6.62. The minimum absolute atomic E-state index is 0.0256. The molecule has 10 heteroatoms. The van der Waals surface area contributed by atoms with Crippen LogP contribution >= 0.6 is 0 Å². The fourth-order valence-corrected chi connectivity index (χ4v) is 2.77. The van der Waals surface area contributed by atoms with Crippen LogP contribution in [0.3, 0.4) is 0 Å². The number of alkyl halides is 3. The number of hydrogen-bond acceptors (Lipinski definition) is 4. The van der Waals surface area contributed by atoms with Crippen LogP contribution in [0.2, 0.25) is 0 Å². The molecule has 1 aliphatic heterocycles. The highest BCUT2D eigenvalue weighted by molar-refractivity contribution is 5.77. The summed E-state index contributed by atoms with van der Waals surface area (Å²) in [6, 6.07) is 5.13. The Labute approximate surface area is 153 Å². The number of benzene rings is 1. The highest BCUT2D eigenvalue weighted by Gasteiger charge is 2.41. The van der Waals surface area contributed by atoms with Gasteiger partial charge in [0.15, 0.2) is 0 Å². The molecule has 1 fully saturated rings. The molecule has 2 rings (SSSR count). The second-order valence-corrected chi connectivity index (χ2v) is 6.35. The number of amides is 2. The van der Waals surface area contributed by atoms with Gasteiger partial charge in [-0.2, -0.15) is 13.2 Å². The van der Waals surface area contributed by atoms with Gasteiger partial charge in [0.1, 0.15) is 23.8 Å². The van der Waals surface area contributed by atoms with Crippen molar-refractivity contribution in [2.75, 3.05) is 26.3 Å². The lowest BCUT2D eigenvalue weighted by molar-refractivity contribution is -0.167. The zero-order valence-electron chi connectivity index (χ0n) is 14.4. The van der Waals surface area contributed by atoms with Gasteiger partial charge in [0.05, 0.1) is 26.0 Å². The van der Waals surface area contributed by atoms with Crippen molar-refractivity contribution in [2.45, 2.75) is 31.0 Å². The molecule has 1 aromatic carbocycles. The zero-order valence-corrected chi connectivity index (χ0v) is 14.4. The number of nitrogens with zero attached hydrogens (tertiary/aromatic N) is 1. The number of nitrogens with two attached hydrogens (primary N) is 1. The van der Waals surface area contributed by atoms with E-state index in [0.29, 0.717) is 5.75 Å². The fourth-order valence-electron chi connectivity index (χ4n) is 2.77. The maximum atomic E-state index is 13.0. The van der Waals surface area contributed by atoms with Gasteiger partial charge in [0, 0.05) is 13.0 Å². The van der Waals surface area contributed by atoms with E-state index in [2.05, 4.69) is 0 Å². The summed E-state index contributed by atoms with van der Waals surface area (Å²) < 4.78 is 61.1. The van der Waals surface area contributed by atoms with E-state index in [-0.39, 0.29) is 32.7 Å². The molecule has 6 nitrogen and oxygen atoms in total. The standard InChI is InChI=1S/C17H20F4N2O4/c18-12-1-3-13(4-2-12)26-11-16(9-14(22)24)10-23(7-8-27-16)15(25)5-6-17(19,20)21/h1-4H,5-11H2,(H2,22,24)/t16-/m1/s1. The molecular weight excluding hydrogens is 372 g/mol. The largest absolute Gasteiger partial charge is 0.490 e. The number of carbonyl (C=O) groups excluding carboxylic acids is 2. The Morgan fingerprint density at radius 2 is 1.93 bits per heavy atom. The van der Waals surface area contributed by atoms with Crippen molar-refractivity contribution >= 4 is 11.8 Å². The van der Waals surface area contributed by atoms with Gasteiger partial charge in [-0.05, 0) is 24.3 Å². The molecule has 0 bridgehead atoms. The third-order valence-corrected chi connectivity index (χ3v) is 4.04. The van der Waals surface area contributed by atoms with E-state index in [1.807, 2.05) is 0 Å². The van der Waals surface area contributed by atoms with Crippen molar-refractivity contribution in [2.24, 2.45) is 5.73 Å². The van der Waals surface area contributed by atoms with E-state index < -0.39 is 42.3 Å². The lowest BCUT2D eigenvalue weighted by Crippen LogP contribution is -2.58. The van der Waals surface area contributed by atoms with Crippen LogP contribution in [0, 0.1) is 5.82 Å². The molecule has 27 heavy (non-hydrogen) atoms. The Morgan fingerprint density at radius 3 is 2.52 bits per heavy atom. The summed E-state index contributed by atoms with van der Waals surface area (Å²) in [6.45, 7) is -0.177. The van der Waals surface area contributed by atoms with E-state index in [0.717, 1.165) is 0 Å². The predicted octanol–water partition coefficient (Wildman–Crippen LogP) is 2.02. The van der Waals surface area contributed by atoms with Crippen LogP contribution in [0.15, 0.2) is 24.3 Å². The van der Waals surface area contributed by atoms with Gasteiger partial charge in [0.2, 0.25) is 11.8 Å². The minimum atomic E-state index is -4.43. The Hall–Kier alpha value is -2.36.